The highest BCUT2D eigenvalue weighted by atomic mass is 16.6. The molecular formula is C32H38N6O6. The van der Waals surface area contributed by atoms with Crippen LogP contribution in [0, 0.1) is 5.92 Å². The third-order valence-electron chi connectivity index (χ3n) is 7.72. The van der Waals surface area contributed by atoms with E-state index in [0.717, 1.165) is 10.9 Å². The van der Waals surface area contributed by atoms with Crippen molar-refractivity contribution in [3.05, 3.63) is 78.0 Å². The van der Waals surface area contributed by atoms with E-state index in [1.807, 2.05) is 56.3 Å². The number of carbonyl (C=O) groups is 5. The fraction of sp³-hybridized carbons (Fsp3) is 0.375. The molecule has 1 fully saturated rings. The highest BCUT2D eigenvalue weighted by Crippen LogP contribution is 2.27. The van der Waals surface area contributed by atoms with E-state index < -0.39 is 54.5 Å². The van der Waals surface area contributed by atoms with E-state index in [0.29, 0.717) is 24.8 Å². The van der Waals surface area contributed by atoms with Gasteiger partial charge in [0.25, 0.3) is 5.91 Å². The summed E-state index contributed by atoms with van der Waals surface area (Å²) in [5, 5.41) is 11.8. The van der Waals surface area contributed by atoms with Crippen molar-refractivity contribution in [1.82, 2.24) is 26.3 Å². The lowest BCUT2D eigenvalue weighted by atomic mass is 9.98. The summed E-state index contributed by atoms with van der Waals surface area (Å²) in [5.41, 5.74) is 7.07. The second-order valence-electron chi connectivity index (χ2n) is 10.9. The Labute approximate surface area is 255 Å². The first-order chi connectivity index (χ1) is 21.2. The van der Waals surface area contributed by atoms with Crippen LogP contribution in [0.15, 0.2) is 66.7 Å². The van der Waals surface area contributed by atoms with Crippen molar-refractivity contribution in [2.75, 3.05) is 6.54 Å². The van der Waals surface area contributed by atoms with Crippen molar-refractivity contribution in [3.8, 4) is 0 Å². The Kier molecular flexibility index (Phi) is 11.0. The van der Waals surface area contributed by atoms with Crippen LogP contribution in [0.5, 0.6) is 0 Å². The molecule has 1 saturated heterocycles. The molecule has 12 nitrogen and oxygen atoms in total. The molecule has 5 amide bonds. The zero-order chi connectivity index (χ0) is 31.6. The van der Waals surface area contributed by atoms with Crippen LogP contribution in [0.3, 0.4) is 0 Å². The highest BCUT2D eigenvalue weighted by molar-refractivity contribution is 5.99. The number of nitrogens with one attached hydrogen (secondary N) is 4. The van der Waals surface area contributed by atoms with Crippen LogP contribution in [0.25, 0.3) is 10.9 Å². The van der Waals surface area contributed by atoms with Gasteiger partial charge in [0, 0.05) is 11.9 Å². The van der Waals surface area contributed by atoms with Crippen LogP contribution < -0.4 is 27.0 Å². The minimum Gasteiger partial charge on any atom is -0.370 e. The minimum absolute atomic E-state index is 0.0663. The number of rotatable bonds is 16. The Morgan fingerprint density at radius 2 is 1.70 bits per heavy atom. The Hall–Kier alpha value is -4.84. The summed E-state index contributed by atoms with van der Waals surface area (Å²) in [7, 11) is 0. The fourth-order valence-corrected chi connectivity index (χ4v) is 5.03. The van der Waals surface area contributed by atoms with Crippen LogP contribution >= 0.6 is 0 Å². The second kappa shape index (κ2) is 15.1. The van der Waals surface area contributed by atoms with Gasteiger partial charge in [-0.25, -0.2) is 4.98 Å². The predicted octanol–water partition coefficient (Wildman–Crippen LogP) is 0.980. The van der Waals surface area contributed by atoms with Gasteiger partial charge < -0.3 is 31.7 Å². The molecule has 232 valence electrons. The van der Waals surface area contributed by atoms with Gasteiger partial charge in [0.1, 0.15) is 30.0 Å². The van der Waals surface area contributed by atoms with Gasteiger partial charge in [0.2, 0.25) is 24.1 Å². The van der Waals surface area contributed by atoms with Gasteiger partial charge in [0.15, 0.2) is 0 Å². The lowest BCUT2D eigenvalue weighted by Gasteiger charge is -2.23. The van der Waals surface area contributed by atoms with E-state index in [4.69, 9.17) is 10.5 Å². The molecule has 0 saturated carbocycles. The first-order valence-corrected chi connectivity index (χ1v) is 14.6. The molecule has 12 heteroatoms. The number of carbonyl (C=O) groups excluding carboxylic acids is 5. The number of fused-ring (bicyclic) bond motifs is 1. The number of aromatic nitrogens is 1. The monoisotopic (exact) mass is 602 g/mol. The SMILES string of the molecule is CCC(C)C(NC=O)C(=O)NC[C@@H]1O[C@@H]1[C@H](Cc1ccccc1)NC(=O)C(CC(N)=O)NC(=O)c1ccc2ccccc2n1. The van der Waals surface area contributed by atoms with Crippen LogP contribution in [0.1, 0.15) is 42.7 Å². The summed E-state index contributed by atoms with van der Waals surface area (Å²) in [6.45, 7) is 3.98. The third-order valence-corrected chi connectivity index (χ3v) is 7.72. The van der Waals surface area contributed by atoms with E-state index in [1.165, 1.54) is 0 Å². The zero-order valence-corrected chi connectivity index (χ0v) is 24.7. The number of nitrogens with two attached hydrogens (primary N) is 1. The first kappa shape index (κ1) is 32.1. The summed E-state index contributed by atoms with van der Waals surface area (Å²) < 4.78 is 5.87. The Balaban J connectivity index is 1.45. The van der Waals surface area contributed by atoms with E-state index in [1.54, 1.807) is 24.3 Å². The van der Waals surface area contributed by atoms with Gasteiger partial charge >= 0.3 is 0 Å². The average Bonchev–Trinajstić information content (AvgIpc) is 3.81. The largest absolute Gasteiger partial charge is 0.370 e. The van der Waals surface area contributed by atoms with Crippen LogP contribution in [0.4, 0.5) is 0 Å². The maximum Gasteiger partial charge on any atom is 0.270 e. The molecule has 0 radical (unpaired) electrons. The predicted molar refractivity (Wildman–Crippen MR) is 163 cm³/mol. The van der Waals surface area contributed by atoms with Gasteiger partial charge in [-0.3, -0.25) is 24.0 Å². The molecule has 2 heterocycles. The highest BCUT2D eigenvalue weighted by Gasteiger charge is 2.46. The van der Waals surface area contributed by atoms with Gasteiger partial charge in [-0.15, -0.1) is 0 Å². The van der Waals surface area contributed by atoms with Gasteiger partial charge in [-0.1, -0.05) is 74.9 Å². The molecule has 3 unspecified atom stereocenters. The maximum atomic E-state index is 13.5. The first-order valence-electron chi connectivity index (χ1n) is 14.6. The number of hydrogen-bond acceptors (Lipinski definition) is 7. The lowest BCUT2D eigenvalue weighted by molar-refractivity contribution is -0.127. The summed E-state index contributed by atoms with van der Waals surface area (Å²) in [6.07, 6.45) is 0.338. The minimum atomic E-state index is -1.26. The molecule has 1 aliphatic heterocycles. The number of para-hydroxylation sites is 1. The Morgan fingerprint density at radius 1 is 0.977 bits per heavy atom. The average molecular weight is 603 g/mol. The molecule has 3 aromatic rings. The Bertz CT molecular complexity index is 1480. The number of amides is 5. The van der Waals surface area contributed by atoms with Crippen molar-refractivity contribution in [2.45, 2.75) is 63.4 Å². The molecule has 0 bridgehead atoms. The molecular weight excluding hydrogens is 564 g/mol. The molecule has 1 aliphatic rings. The topological polar surface area (TPSA) is 185 Å². The number of epoxide rings is 1. The number of primary amides is 1. The van der Waals surface area contributed by atoms with Crippen LogP contribution in [0.2, 0.25) is 0 Å². The fourth-order valence-electron chi connectivity index (χ4n) is 5.03. The van der Waals surface area contributed by atoms with E-state index >= 15 is 0 Å². The van der Waals surface area contributed by atoms with E-state index in [-0.39, 0.29) is 24.1 Å². The van der Waals surface area contributed by atoms with Gasteiger partial charge in [-0.05, 0) is 30.0 Å². The second-order valence-corrected chi connectivity index (χ2v) is 10.9. The molecule has 6 N–H and O–H groups in total. The molecule has 1 aromatic heterocycles. The zero-order valence-electron chi connectivity index (χ0n) is 24.7. The number of nitrogens with zero attached hydrogens (tertiary/aromatic N) is 1. The molecule has 0 aliphatic carbocycles. The molecule has 0 spiro atoms. The molecule has 4 rings (SSSR count). The van der Waals surface area contributed by atoms with Crippen molar-refractivity contribution in [3.63, 3.8) is 0 Å². The number of ether oxygens (including phenoxy) is 1. The summed E-state index contributed by atoms with van der Waals surface area (Å²) in [4.78, 5) is 66.6. The number of hydrogen-bond donors (Lipinski definition) is 5. The van der Waals surface area contributed by atoms with Gasteiger partial charge in [0.05, 0.1) is 18.0 Å². The van der Waals surface area contributed by atoms with Crippen molar-refractivity contribution in [1.29, 1.82) is 0 Å². The van der Waals surface area contributed by atoms with E-state index in [9.17, 15) is 24.0 Å². The lowest BCUT2D eigenvalue weighted by Crippen LogP contribution is -2.53. The molecule has 2 aromatic carbocycles. The van der Waals surface area contributed by atoms with Crippen LogP contribution in [-0.2, 0) is 30.3 Å². The van der Waals surface area contributed by atoms with Crippen molar-refractivity contribution >= 4 is 40.9 Å². The summed E-state index contributed by atoms with van der Waals surface area (Å²) >= 11 is 0. The third kappa shape index (κ3) is 8.60. The van der Waals surface area contributed by atoms with Crippen molar-refractivity contribution in [2.24, 2.45) is 11.7 Å². The van der Waals surface area contributed by atoms with Crippen molar-refractivity contribution < 1.29 is 28.7 Å². The van der Waals surface area contributed by atoms with Gasteiger partial charge in [-0.2, -0.15) is 0 Å². The van der Waals surface area contributed by atoms with Crippen LogP contribution in [-0.4, -0.2) is 71.9 Å². The summed E-state index contributed by atoms with van der Waals surface area (Å²) in [6, 6.07) is 17.6. The normalized spacial score (nSPS) is 18.2. The smallest absolute Gasteiger partial charge is 0.270 e. The summed E-state index contributed by atoms with van der Waals surface area (Å²) in [5.74, 6) is -2.39. The van der Waals surface area contributed by atoms with E-state index in [2.05, 4.69) is 26.3 Å². The quantitative estimate of drug-likeness (QED) is 0.119. The number of benzene rings is 2. The maximum absolute atomic E-state index is 13.5. The number of pyridine rings is 1. The molecule has 44 heavy (non-hydrogen) atoms. The standard InChI is InChI=1S/C32H38N6O6/c1-3-19(2)28(35-18-39)32(43)34-17-26-29(44-26)24(15-20-9-5-4-6-10-20)37-31(42)25(16-27(33)40)38-30(41)23-14-13-21-11-7-8-12-22(21)36-23/h4-14,18-19,24-26,28-29H,3,15-17H2,1-2H3,(H2,33,40)(H,34,43)(H,35,39)(H,37,42)(H,38,41)/t19?,24-,25?,26-,28?,29+/m0/s1. The Morgan fingerprint density at radius 3 is 2.41 bits per heavy atom. The molecule has 6 atom stereocenters.